The van der Waals surface area contributed by atoms with E-state index in [0.29, 0.717) is 13.2 Å². The zero-order valence-corrected chi connectivity index (χ0v) is 18.2. The SMILES string of the molecule is CCOc1ccccc1OCC1(C(CO)c2ccccc2)CCNCC1.I. The van der Waals surface area contributed by atoms with Crippen LogP contribution in [0.25, 0.3) is 0 Å². The van der Waals surface area contributed by atoms with Gasteiger partial charge in [-0.05, 0) is 50.6 Å². The van der Waals surface area contributed by atoms with Crippen LogP contribution in [0.5, 0.6) is 11.5 Å². The summed E-state index contributed by atoms with van der Waals surface area (Å²) in [7, 11) is 0. The summed E-state index contributed by atoms with van der Waals surface area (Å²) < 4.78 is 12.0. The van der Waals surface area contributed by atoms with Crippen LogP contribution in [0.3, 0.4) is 0 Å². The Bertz CT molecular complexity index is 674. The van der Waals surface area contributed by atoms with Gasteiger partial charge in [0.2, 0.25) is 0 Å². The monoisotopic (exact) mass is 483 g/mol. The van der Waals surface area contributed by atoms with Gasteiger partial charge in [-0.2, -0.15) is 0 Å². The van der Waals surface area contributed by atoms with Gasteiger partial charge >= 0.3 is 0 Å². The highest BCUT2D eigenvalue weighted by Crippen LogP contribution is 2.44. The Labute approximate surface area is 179 Å². The molecule has 0 aliphatic carbocycles. The van der Waals surface area contributed by atoms with Crippen LogP contribution in [0.2, 0.25) is 0 Å². The largest absolute Gasteiger partial charge is 0.490 e. The van der Waals surface area contributed by atoms with Crippen molar-refractivity contribution in [3.63, 3.8) is 0 Å². The van der Waals surface area contributed by atoms with E-state index < -0.39 is 0 Å². The van der Waals surface area contributed by atoms with Crippen LogP contribution in [0.15, 0.2) is 54.6 Å². The summed E-state index contributed by atoms with van der Waals surface area (Å²) in [6, 6.07) is 18.1. The van der Waals surface area contributed by atoms with Crippen molar-refractivity contribution in [3.05, 3.63) is 60.2 Å². The molecule has 3 rings (SSSR count). The molecular formula is C22H30INO3. The Morgan fingerprint density at radius 3 is 2.15 bits per heavy atom. The molecule has 0 saturated carbocycles. The molecule has 1 saturated heterocycles. The number of rotatable bonds is 8. The van der Waals surface area contributed by atoms with Crippen molar-refractivity contribution in [1.82, 2.24) is 5.32 Å². The number of ether oxygens (including phenoxy) is 2. The molecule has 2 aromatic rings. The lowest BCUT2D eigenvalue weighted by molar-refractivity contribution is 0.0469. The van der Waals surface area contributed by atoms with E-state index in [1.807, 2.05) is 49.4 Å². The fraction of sp³-hybridized carbons (Fsp3) is 0.455. The van der Waals surface area contributed by atoms with Crippen LogP contribution in [-0.2, 0) is 0 Å². The number of aliphatic hydroxyl groups excluding tert-OH is 1. The Morgan fingerprint density at radius 2 is 1.56 bits per heavy atom. The molecule has 0 radical (unpaired) electrons. The second kappa shape index (κ2) is 10.9. The third kappa shape index (κ3) is 5.36. The van der Waals surface area contributed by atoms with Crippen molar-refractivity contribution < 1.29 is 14.6 Å². The molecule has 0 bridgehead atoms. The van der Waals surface area contributed by atoms with Gasteiger partial charge in [0.05, 0.1) is 19.8 Å². The zero-order valence-electron chi connectivity index (χ0n) is 15.9. The second-order valence-corrected chi connectivity index (χ2v) is 6.93. The summed E-state index contributed by atoms with van der Waals surface area (Å²) in [5.74, 6) is 1.61. The maximum absolute atomic E-state index is 10.2. The van der Waals surface area contributed by atoms with Crippen molar-refractivity contribution in [3.8, 4) is 11.5 Å². The molecule has 2 N–H and O–H groups in total. The Balaban J connectivity index is 0.00000261. The fourth-order valence-corrected chi connectivity index (χ4v) is 3.92. The normalized spacial score (nSPS) is 16.8. The summed E-state index contributed by atoms with van der Waals surface area (Å²) in [6.45, 7) is 5.17. The van der Waals surface area contributed by atoms with Crippen molar-refractivity contribution in [2.24, 2.45) is 5.41 Å². The second-order valence-electron chi connectivity index (χ2n) is 6.93. The van der Waals surface area contributed by atoms with E-state index in [2.05, 4.69) is 17.4 Å². The Hall–Kier alpha value is -1.31. The van der Waals surface area contributed by atoms with Crippen molar-refractivity contribution >= 4 is 24.0 Å². The number of para-hydroxylation sites is 2. The molecular weight excluding hydrogens is 453 g/mol. The van der Waals surface area contributed by atoms with Crippen molar-refractivity contribution in [1.29, 1.82) is 0 Å². The smallest absolute Gasteiger partial charge is 0.161 e. The molecule has 4 nitrogen and oxygen atoms in total. The molecule has 148 valence electrons. The molecule has 1 aliphatic heterocycles. The van der Waals surface area contributed by atoms with E-state index in [1.165, 1.54) is 5.56 Å². The van der Waals surface area contributed by atoms with E-state index in [-0.39, 0.29) is 41.9 Å². The minimum atomic E-state index is -0.0965. The molecule has 1 unspecified atom stereocenters. The Morgan fingerprint density at radius 1 is 0.963 bits per heavy atom. The molecule has 27 heavy (non-hydrogen) atoms. The molecule has 1 atom stereocenters. The first-order valence-corrected chi connectivity index (χ1v) is 9.50. The van der Waals surface area contributed by atoms with Gasteiger partial charge in [0.25, 0.3) is 0 Å². The molecule has 2 aromatic carbocycles. The highest BCUT2D eigenvalue weighted by Gasteiger charge is 2.41. The molecule has 0 spiro atoms. The fourth-order valence-electron chi connectivity index (χ4n) is 3.92. The van der Waals surface area contributed by atoms with E-state index in [1.54, 1.807) is 0 Å². The first-order valence-electron chi connectivity index (χ1n) is 9.50. The highest BCUT2D eigenvalue weighted by atomic mass is 127. The molecule has 0 amide bonds. The van der Waals surface area contributed by atoms with Crippen LogP contribution >= 0.6 is 24.0 Å². The molecule has 0 aromatic heterocycles. The summed E-state index contributed by atoms with van der Waals surface area (Å²) in [4.78, 5) is 0. The van der Waals surface area contributed by atoms with Gasteiger partial charge in [-0.1, -0.05) is 42.5 Å². The first kappa shape index (κ1) is 22.0. The number of nitrogens with one attached hydrogen (secondary N) is 1. The standard InChI is InChI=1S/C22H29NO3.HI/c1-2-25-20-10-6-7-11-21(20)26-17-22(12-14-23-15-13-22)19(16-24)18-8-4-3-5-9-18;/h3-11,19,23-24H,2,12-17H2,1H3;1H. The van der Waals surface area contributed by atoms with E-state index in [9.17, 15) is 5.11 Å². The first-order chi connectivity index (χ1) is 12.8. The molecule has 1 heterocycles. The van der Waals surface area contributed by atoms with E-state index >= 15 is 0 Å². The molecule has 5 heteroatoms. The number of hydrogen-bond acceptors (Lipinski definition) is 4. The van der Waals surface area contributed by atoms with E-state index in [4.69, 9.17) is 9.47 Å². The lowest BCUT2D eigenvalue weighted by Crippen LogP contribution is -2.45. The maximum atomic E-state index is 10.2. The van der Waals surface area contributed by atoms with Gasteiger partial charge in [-0.3, -0.25) is 0 Å². The number of hydrogen-bond donors (Lipinski definition) is 2. The average molecular weight is 483 g/mol. The quantitative estimate of drug-likeness (QED) is 0.552. The summed E-state index contributed by atoms with van der Waals surface area (Å²) in [5.41, 5.74) is 1.08. The highest BCUT2D eigenvalue weighted by molar-refractivity contribution is 14.0. The predicted molar refractivity (Wildman–Crippen MR) is 119 cm³/mol. The summed E-state index contributed by atoms with van der Waals surface area (Å²) in [6.07, 6.45) is 1.95. The number of benzene rings is 2. The average Bonchev–Trinajstić information content (AvgIpc) is 2.70. The molecule has 1 aliphatic rings. The number of aliphatic hydroxyl groups is 1. The number of piperidine rings is 1. The minimum absolute atomic E-state index is 0. The third-order valence-electron chi connectivity index (χ3n) is 5.39. The zero-order chi connectivity index (χ0) is 18.2. The third-order valence-corrected chi connectivity index (χ3v) is 5.39. The van der Waals surface area contributed by atoms with Crippen molar-refractivity contribution in [2.75, 3.05) is 32.9 Å². The number of halogens is 1. The predicted octanol–water partition coefficient (Wildman–Crippen LogP) is 4.23. The van der Waals surface area contributed by atoms with Crippen molar-refractivity contribution in [2.45, 2.75) is 25.7 Å². The molecule has 1 fully saturated rings. The van der Waals surface area contributed by atoms with Gasteiger partial charge in [0.1, 0.15) is 0 Å². The minimum Gasteiger partial charge on any atom is -0.490 e. The Kier molecular flexibility index (Phi) is 8.86. The van der Waals surface area contributed by atoms with Gasteiger partial charge in [-0.15, -0.1) is 24.0 Å². The lowest BCUT2D eigenvalue weighted by atomic mass is 9.67. The van der Waals surface area contributed by atoms with Gasteiger partial charge in [0.15, 0.2) is 11.5 Å². The van der Waals surface area contributed by atoms with Crippen LogP contribution in [-0.4, -0.2) is 38.0 Å². The van der Waals surface area contributed by atoms with Crippen LogP contribution in [0.1, 0.15) is 31.2 Å². The topological polar surface area (TPSA) is 50.7 Å². The summed E-state index contributed by atoms with van der Waals surface area (Å²) >= 11 is 0. The van der Waals surface area contributed by atoms with Crippen LogP contribution < -0.4 is 14.8 Å². The van der Waals surface area contributed by atoms with Crippen LogP contribution in [0.4, 0.5) is 0 Å². The van der Waals surface area contributed by atoms with Gasteiger partial charge in [0, 0.05) is 11.3 Å². The maximum Gasteiger partial charge on any atom is 0.161 e. The van der Waals surface area contributed by atoms with Gasteiger partial charge < -0.3 is 19.9 Å². The van der Waals surface area contributed by atoms with E-state index in [0.717, 1.165) is 37.4 Å². The van der Waals surface area contributed by atoms with Gasteiger partial charge in [-0.25, -0.2) is 0 Å². The summed E-state index contributed by atoms with van der Waals surface area (Å²) in [5, 5.41) is 13.7. The lowest BCUT2D eigenvalue weighted by Gasteiger charge is -2.43. The van der Waals surface area contributed by atoms with Crippen LogP contribution in [0, 0.1) is 5.41 Å².